The summed E-state index contributed by atoms with van der Waals surface area (Å²) in [4.78, 5) is 11.9. The number of carbonyl (C=O) groups is 1. The molecule has 0 aromatic heterocycles. The van der Waals surface area contributed by atoms with E-state index in [4.69, 9.17) is 9.47 Å². The predicted molar refractivity (Wildman–Crippen MR) is 89.3 cm³/mol. The largest absolute Gasteiger partial charge is 0.497 e. The van der Waals surface area contributed by atoms with E-state index in [0.717, 1.165) is 16.9 Å². The Bertz CT molecular complexity index is 805. The van der Waals surface area contributed by atoms with Gasteiger partial charge in [-0.15, -0.1) is 0 Å². The number of hydrogen-bond acceptors (Lipinski definition) is 3. The first-order valence-corrected chi connectivity index (χ1v) is 7.62. The molecule has 0 unspecified atom stereocenters. The molecule has 5 heteroatoms. The highest BCUT2D eigenvalue weighted by atomic mass is 79.9. The summed E-state index contributed by atoms with van der Waals surface area (Å²) >= 11 is 3.28. The van der Waals surface area contributed by atoms with Gasteiger partial charge in [0.1, 0.15) is 21.8 Å². The van der Waals surface area contributed by atoms with E-state index in [1.54, 1.807) is 37.5 Å². The van der Waals surface area contributed by atoms with Crippen molar-refractivity contribution in [3.05, 3.63) is 75.7 Å². The first-order chi connectivity index (χ1) is 11.1. The van der Waals surface area contributed by atoms with Crippen LogP contribution < -0.4 is 4.74 Å². The Kier molecular flexibility index (Phi) is 4.30. The lowest BCUT2D eigenvalue weighted by molar-refractivity contribution is -0.132. The summed E-state index contributed by atoms with van der Waals surface area (Å²) in [6.07, 6.45) is 1.70. The Morgan fingerprint density at radius 1 is 1.09 bits per heavy atom. The van der Waals surface area contributed by atoms with Gasteiger partial charge in [-0.25, -0.2) is 9.18 Å². The number of methoxy groups -OCH3 is 1. The Hall–Kier alpha value is -2.40. The lowest BCUT2D eigenvalue weighted by Crippen LogP contribution is -1.93. The van der Waals surface area contributed by atoms with Crippen molar-refractivity contribution in [2.24, 2.45) is 0 Å². The maximum atomic E-state index is 13.0. The zero-order valence-electron chi connectivity index (χ0n) is 12.2. The van der Waals surface area contributed by atoms with Crippen molar-refractivity contribution in [1.82, 2.24) is 0 Å². The molecule has 0 saturated heterocycles. The molecule has 1 heterocycles. The second kappa shape index (κ2) is 6.38. The molecule has 2 aromatic carbocycles. The second-order valence-corrected chi connectivity index (χ2v) is 5.66. The van der Waals surface area contributed by atoms with E-state index in [9.17, 15) is 9.18 Å². The van der Waals surface area contributed by atoms with Gasteiger partial charge in [0.25, 0.3) is 0 Å². The van der Waals surface area contributed by atoms with E-state index in [0.29, 0.717) is 15.8 Å². The van der Waals surface area contributed by atoms with Gasteiger partial charge in [0.05, 0.1) is 7.11 Å². The molecule has 116 valence electrons. The van der Waals surface area contributed by atoms with Gasteiger partial charge in [-0.1, -0.05) is 24.3 Å². The average Bonchev–Trinajstić information content (AvgIpc) is 2.84. The SMILES string of the molecule is COc1ccc(C2=C(Br)C(=O)O/C2=C\c2ccc(F)cc2)cc1. The monoisotopic (exact) mass is 374 g/mol. The molecular weight excluding hydrogens is 363 g/mol. The fourth-order valence-electron chi connectivity index (χ4n) is 2.24. The molecule has 1 aliphatic heterocycles. The van der Waals surface area contributed by atoms with Gasteiger partial charge in [0.15, 0.2) is 0 Å². The third-order valence-electron chi connectivity index (χ3n) is 3.39. The smallest absolute Gasteiger partial charge is 0.351 e. The maximum Gasteiger partial charge on any atom is 0.351 e. The highest BCUT2D eigenvalue weighted by Crippen LogP contribution is 2.38. The zero-order valence-corrected chi connectivity index (χ0v) is 13.8. The summed E-state index contributed by atoms with van der Waals surface area (Å²) in [6.45, 7) is 0. The summed E-state index contributed by atoms with van der Waals surface area (Å²) in [5.74, 6) is 0.366. The molecule has 0 saturated carbocycles. The normalized spacial score (nSPS) is 16.0. The van der Waals surface area contributed by atoms with Crippen LogP contribution in [0, 0.1) is 5.82 Å². The van der Waals surface area contributed by atoms with Crippen LogP contribution in [0.15, 0.2) is 58.8 Å². The van der Waals surface area contributed by atoms with Crippen molar-refractivity contribution in [2.75, 3.05) is 7.11 Å². The second-order valence-electron chi connectivity index (χ2n) is 4.87. The molecule has 0 fully saturated rings. The molecule has 2 aromatic rings. The lowest BCUT2D eigenvalue weighted by Gasteiger charge is -2.06. The molecule has 0 aliphatic carbocycles. The Morgan fingerprint density at radius 3 is 2.35 bits per heavy atom. The van der Waals surface area contributed by atoms with Crippen LogP contribution >= 0.6 is 15.9 Å². The standard InChI is InChI=1S/C18H12BrFO3/c1-22-14-8-4-12(5-9-14)16-15(23-18(21)17(16)19)10-11-2-6-13(20)7-3-11/h2-10H,1H3/b15-10-. The third kappa shape index (κ3) is 3.19. The van der Waals surface area contributed by atoms with Gasteiger partial charge in [-0.05, 0) is 57.4 Å². The van der Waals surface area contributed by atoms with E-state index in [1.165, 1.54) is 12.1 Å². The van der Waals surface area contributed by atoms with Crippen LogP contribution in [-0.2, 0) is 9.53 Å². The number of cyclic esters (lactones) is 1. The highest BCUT2D eigenvalue weighted by molar-refractivity contribution is 9.12. The van der Waals surface area contributed by atoms with E-state index in [2.05, 4.69) is 15.9 Å². The highest BCUT2D eigenvalue weighted by Gasteiger charge is 2.29. The average molecular weight is 375 g/mol. The van der Waals surface area contributed by atoms with Crippen molar-refractivity contribution in [3.63, 3.8) is 0 Å². The van der Waals surface area contributed by atoms with Crippen molar-refractivity contribution in [3.8, 4) is 5.75 Å². The molecule has 1 aliphatic rings. The molecule has 0 spiro atoms. The van der Waals surface area contributed by atoms with E-state index >= 15 is 0 Å². The van der Waals surface area contributed by atoms with Crippen LogP contribution in [0.3, 0.4) is 0 Å². The molecule has 0 bridgehead atoms. The Balaban J connectivity index is 2.03. The Morgan fingerprint density at radius 2 is 1.74 bits per heavy atom. The van der Waals surface area contributed by atoms with Crippen LogP contribution in [0.5, 0.6) is 5.75 Å². The minimum Gasteiger partial charge on any atom is -0.497 e. The molecule has 0 amide bonds. The fourth-order valence-corrected chi connectivity index (χ4v) is 2.75. The summed E-state index contributed by atoms with van der Waals surface area (Å²) in [7, 11) is 1.59. The number of ether oxygens (including phenoxy) is 2. The maximum absolute atomic E-state index is 13.0. The summed E-state index contributed by atoms with van der Waals surface area (Å²) in [5.41, 5.74) is 2.21. The molecule has 23 heavy (non-hydrogen) atoms. The van der Waals surface area contributed by atoms with Crippen LogP contribution in [0.4, 0.5) is 4.39 Å². The van der Waals surface area contributed by atoms with Crippen molar-refractivity contribution >= 4 is 33.5 Å². The minimum absolute atomic E-state index is 0.317. The van der Waals surface area contributed by atoms with Crippen molar-refractivity contribution in [2.45, 2.75) is 0 Å². The van der Waals surface area contributed by atoms with Crippen LogP contribution in [0.2, 0.25) is 0 Å². The van der Waals surface area contributed by atoms with Crippen LogP contribution in [0.1, 0.15) is 11.1 Å². The number of carbonyl (C=O) groups excluding carboxylic acids is 1. The zero-order chi connectivity index (χ0) is 16.4. The van der Waals surface area contributed by atoms with Gasteiger partial charge >= 0.3 is 5.97 Å². The number of benzene rings is 2. The molecule has 0 radical (unpaired) electrons. The first kappa shape index (κ1) is 15.5. The number of rotatable bonds is 3. The van der Waals surface area contributed by atoms with Crippen molar-refractivity contribution < 1.29 is 18.7 Å². The topological polar surface area (TPSA) is 35.5 Å². The lowest BCUT2D eigenvalue weighted by atomic mass is 10.0. The van der Waals surface area contributed by atoms with Gasteiger partial charge in [-0.3, -0.25) is 0 Å². The predicted octanol–water partition coefficient (Wildman–Crippen LogP) is 4.54. The number of halogens is 2. The quantitative estimate of drug-likeness (QED) is 0.739. The van der Waals surface area contributed by atoms with E-state index in [-0.39, 0.29) is 5.82 Å². The third-order valence-corrected chi connectivity index (χ3v) is 4.11. The molecule has 3 rings (SSSR count). The van der Waals surface area contributed by atoms with Gasteiger partial charge < -0.3 is 9.47 Å². The number of hydrogen-bond donors (Lipinski definition) is 0. The van der Waals surface area contributed by atoms with Gasteiger partial charge in [0.2, 0.25) is 0 Å². The molecular formula is C18H12BrFO3. The van der Waals surface area contributed by atoms with Crippen molar-refractivity contribution in [1.29, 1.82) is 0 Å². The van der Waals surface area contributed by atoms with Crippen LogP contribution in [0.25, 0.3) is 11.6 Å². The number of allylic oxidation sites excluding steroid dienone is 1. The van der Waals surface area contributed by atoms with Crippen LogP contribution in [-0.4, -0.2) is 13.1 Å². The number of esters is 1. The molecule has 0 atom stereocenters. The minimum atomic E-state index is -0.454. The Labute approximate surface area is 141 Å². The summed E-state index contributed by atoms with van der Waals surface area (Å²) in [6, 6.07) is 13.2. The summed E-state index contributed by atoms with van der Waals surface area (Å²) < 4.78 is 23.8. The van der Waals surface area contributed by atoms with Gasteiger partial charge in [-0.2, -0.15) is 0 Å². The summed E-state index contributed by atoms with van der Waals surface area (Å²) in [5, 5.41) is 0. The first-order valence-electron chi connectivity index (χ1n) is 6.82. The fraction of sp³-hybridized carbons (Fsp3) is 0.0556. The van der Waals surface area contributed by atoms with E-state index < -0.39 is 5.97 Å². The van der Waals surface area contributed by atoms with E-state index in [1.807, 2.05) is 12.1 Å². The molecule has 3 nitrogen and oxygen atoms in total. The van der Waals surface area contributed by atoms with Gasteiger partial charge in [0, 0.05) is 5.57 Å². The molecule has 0 N–H and O–H groups in total.